The number of halogens is 1. The maximum absolute atomic E-state index is 5.90. The lowest BCUT2D eigenvalue weighted by atomic mass is 10.3. The molecule has 5 heteroatoms. The third-order valence-corrected chi connectivity index (χ3v) is 3.03. The number of ether oxygens (including phenoxy) is 1. The number of rotatable bonds is 4. The van der Waals surface area contributed by atoms with Gasteiger partial charge in [-0.15, -0.1) is 0 Å². The molecule has 3 rings (SSSR count). The van der Waals surface area contributed by atoms with Gasteiger partial charge in [-0.05, 0) is 37.3 Å². The van der Waals surface area contributed by atoms with E-state index in [0.29, 0.717) is 34.8 Å². The molecule has 0 bridgehead atoms. The molecule has 0 unspecified atom stereocenters. The van der Waals surface area contributed by atoms with E-state index in [1.165, 1.54) is 0 Å². The summed E-state index contributed by atoms with van der Waals surface area (Å²) in [5.74, 6) is 2.46. The Kier molecular flexibility index (Phi) is 3.48. The van der Waals surface area contributed by atoms with Crippen LogP contribution in [0.25, 0.3) is 11.7 Å². The molecule has 0 aliphatic heterocycles. The molecule has 0 aliphatic carbocycles. The van der Waals surface area contributed by atoms with E-state index in [1.54, 1.807) is 30.5 Å². The van der Waals surface area contributed by atoms with Gasteiger partial charge in [0, 0.05) is 5.02 Å². The van der Waals surface area contributed by atoms with Gasteiger partial charge >= 0.3 is 0 Å². The normalized spacial score (nSPS) is 10.7. The van der Waals surface area contributed by atoms with Crippen LogP contribution in [0.15, 0.2) is 51.5 Å². The van der Waals surface area contributed by atoms with E-state index >= 15 is 0 Å². The lowest BCUT2D eigenvalue weighted by Crippen LogP contribution is -1.97. The van der Waals surface area contributed by atoms with Gasteiger partial charge in [-0.1, -0.05) is 17.7 Å². The van der Waals surface area contributed by atoms with Crippen molar-refractivity contribution in [1.82, 2.24) is 4.98 Å². The minimum atomic E-state index is 0.316. The zero-order valence-corrected chi connectivity index (χ0v) is 11.6. The van der Waals surface area contributed by atoms with Crippen LogP contribution >= 0.6 is 11.6 Å². The van der Waals surface area contributed by atoms with Gasteiger partial charge in [0.2, 0.25) is 0 Å². The average molecular weight is 290 g/mol. The second kappa shape index (κ2) is 5.43. The lowest BCUT2D eigenvalue weighted by Gasteiger charge is -2.04. The summed E-state index contributed by atoms with van der Waals surface area (Å²) < 4.78 is 16.5. The highest BCUT2D eigenvalue weighted by Crippen LogP contribution is 2.23. The number of aryl methyl sites for hydroxylation is 1. The van der Waals surface area contributed by atoms with Crippen molar-refractivity contribution in [3.63, 3.8) is 0 Å². The number of furan rings is 1. The number of hydrogen-bond acceptors (Lipinski definition) is 4. The van der Waals surface area contributed by atoms with Crippen molar-refractivity contribution in [2.75, 3.05) is 0 Å². The molecule has 102 valence electrons. The van der Waals surface area contributed by atoms with Crippen LogP contribution in [-0.4, -0.2) is 4.98 Å². The molecule has 2 aromatic heterocycles. The summed E-state index contributed by atoms with van der Waals surface area (Å²) in [5.41, 5.74) is 0.733. The van der Waals surface area contributed by atoms with Crippen LogP contribution in [0.2, 0.25) is 5.02 Å². The second-order valence-electron chi connectivity index (χ2n) is 4.25. The maximum atomic E-state index is 5.90. The summed E-state index contributed by atoms with van der Waals surface area (Å²) >= 11 is 5.90. The molecule has 2 heterocycles. The Labute approximate surface area is 121 Å². The molecule has 0 aliphatic rings. The van der Waals surface area contributed by atoms with Gasteiger partial charge in [-0.3, -0.25) is 0 Å². The van der Waals surface area contributed by atoms with Gasteiger partial charge in [-0.25, -0.2) is 4.98 Å². The third-order valence-electron chi connectivity index (χ3n) is 2.80. The fourth-order valence-electron chi connectivity index (χ4n) is 1.78. The van der Waals surface area contributed by atoms with Crippen LogP contribution in [0.4, 0.5) is 0 Å². The van der Waals surface area contributed by atoms with Crippen LogP contribution < -0.4 is 4.74 Å². The Hall–Kier alpha value is -2.20. The minimum Gasteiger partial charge on any atom is -0.487 e. The molecular weight excluding hydrogens is 278 g/mol. The fourth-order valence-corrected chi connectivity index (χ4v) is 1.96. The van der Waals surface area contributed by atoms with Crippen molar-refractivity contribution in [2.24, 2.45) is 0 Å². The Balaban J connectivity index is 1.75. The first-order valence-corrected chi connectivity index (χ1v) is 6.49. The van der Waals surface area contributed by atoms with Crippen molar-refractivity contribution in [3.05, 3.63) is 59.1 Å². The number of aromatic nitrogens is 1. The first kappa shape index (κ1) is 12.8. The van der Waals surface area contributed by atoms with E-state index in [1.807, 2.05) is 19.1 Å². The Morgan fingerprint density at radius 3 is 2.90 bits per heavy atom. The molecule has 0 saturated carbocycles. The SMILES string of the molecule is Cc1oc(-c2ccco2)nc1COc1cccc(Cl)c1. The van der Waals surface area contributed by atoms with Gasteiger partial charge in [0.05, 0.1) is 6.26 Å². The Morgan fingerprint density at radius 1 is 1.25 bits per heavy atom. The second-order valence-corrected chi connectivity index (χ2v) is 4.68. The standard InChI is InChI=1S/C15H12ClNO3/c1-10-13(9-19-12-5-2-4-11(16)8-12)17-15(20-10)14-6-3-7-18-14/h2-8H,9H2,1H3. The monoisotopic (exact) mass is 289 g/mol. The topological polar surface area (TPSA) is 48.4 Å². The molecule has 0 fully saturated rings. The average Bonchev–Trinajstić information content (AvgIpc) is 3.06. The molecule has 0 N–H and O–H groups in total. The molecule has 4 nitrogen and oxygen atoms in total. The smallest absolute Gasteiger partial charge is 0.263 e. The van der Waals surface area contributed by atoms with Crippen molar-refractivity contribution in [1.29, 1.82) is 0 Å². The van der Waals surface area contributed by atoms with Gasteiger partial charge < -0.3 is 13.6 Å². The molecule has 0 spiro atoms. The zero-order valence-electron chi connectivity index (χ0n) is 10.8. The van der Waals surface area contributed by atoms with E-state index < -0.39 is 0 Å². The van der Waals surface area contributed by atoms with E-state index in [9.17, 15) is 0 Å². The number of hydrogen-bond donors (Lipinski definition) is 0. The number of oxazole rings is 1. The molecule has 1 aromatic carbocycles. The lowest BCUT2D eigenvalue weighted by molar-refractivity contribution is 0.299. The Morgan fingerprint density at radius 2 is 2.15 bits per heavy atom. The van der Waals surface area contributed by atoms with Crippen LogP contribution in [0, 0.1) is 6.92 Å². The van der Waals surface area contributed by atoms with Gasteiger partial charge in [0.1, 0.15) is 23.8 Å². The highest BCUT2D eigenvalue weighted by atomic mass is 35.5. The highest BCUT2D eigenvalue weighted by Gasteiger charge is 2.13. The molecule has 20 heavy (non-hydrogen) atoms. The minimum absolute atomic E-state index is 0.316. The van der Waals surface area contributed by atoms with Crippen molar-refractivity contribution >= 4 is 11.6 Å². The van der Waals surface area contributed by atoms with E-state index in [2.05, 4.69) is 4.98 Å². The quantitative estimate of drug-likeness (QED) is 0.711. The van der Waals surface area contributed by atoms with Crippen molar-refractivity contribution < 1.29 is 13.6 Å². The summed E-state index contributed by atoms with van der Waals surface area (Å²) in [6.45, 7) is 2.16. The van der Waals surface area contributed by atoms with E-state index in [4.69, 9.17) is 25.2 Å². The summed E-state index contributed by atoms with van der Waals surface area (Å²) in [7, 11) is 0. The highest BCUT2D eigenvalue weighted by molar-refractivity contribution is 6.30. The first-order valence-electron chi connectivity index (χ1n) is 6.11. The Bertz CT molecular complexity index is 704. The van der Waals surface area contributed by atoms with Gasteiger partial charge in [0.25, 0.3) is 5.89 Å². The molecule has 0 saturated heterocycles. The molecule has 0 amide bonds. The summed E-state index contributed by atoms with van der Waals surface area (Å²) in [4.78, 5) is 4.37. The van der Waals surface area contributed by atoms with Crippen molar-refractivity contribution in [2.45, 2.75) is 13.5 Å². The predicted molar refractivity (Wildman–Crippen MR) is 74.7 cm³/mol. The fraction of sp³-hybridized carbons (Fsp3) is 0.133. The summed E-state index contributed by atoms with van der Waals surface area (Å²) in [6, 6.07) is 10.8. The van der Waals surface area contributed by atoms with Crippen LogP contribution in [0.1, 0.15) is 11.5 Å². The van der Waals surface area contributed by atoms with Gasteiger partial charge in [-0.2, -0.15) is 0 Å². The number of nitrogens with zero attached hydrogens (tertiary/aromatic N) is 1. The van der Waals surface area contributed by atoms with Crippen LogP contribution in [0.3, 0.4) is 0 Å². The first-order chi connectivity index (χ1) is 9.72. The molecule has 0 radical (unpaired) electrons. The van der Waals surface area contributed by atoms with Crippen molar-refractivity contribution in [3.8, 4) is 17.4 Å². The predicted octanol–water partition coefficient (Wildman–Crippen LogP) is 4.48. The number of benzene rings is 1. The summed E-state index contributed by atoms with van der Waals surface area (Å²) in [6.07, 6.45) is 1.58. The molecular formula is C15H12ClNO3. The van der Waals surface area contributed by atoms with Gasteiger partial charge in [0.15, 0.2) is 5.76 Å². The van der Waals surface area contributed by atoms with E-state index in [-0.39, 0.29) is 0 Å². The summed E-state index contributed by atoms with van der Waals surface area (Å²) in [5, 5.41) is 0.635. The zero-order chi connectivity index (χ0) is 13.9. The largest absolute Gasteiger partial charge is 0.487 e. The molecule has 3 aromatic rings. The maximum Gasteiger partial charge on any atom is 0.263 e. The third kappa shape index (κ3) is 2.70. The molecule has 0 atom stereocenters. The van der Waals surface area contributed by atoms with Crippen LogP contribution in [-0.2, 0) is 6.61 Å². The van der Waals surface area contributed by atoms with Crippen LogP contribution in [0.5, 0.6) is 5.75 Å². The van der Waals surface area contributed by atoms with E-state index in [0.717, 1.165) is 5.69 Å².